The van der Waals surface area contributed by atoms with Crippen LogP contribution in [-0.4, -0.2) is 59.4 Å². The first-order valence-electron chi connectivity index (χ1n) is 11.3. The highest BCUT2D eigenvalue weighted by molar-refractivity contribution is 5.90. The normalized spacial score (nSPS) is 16.1. The molecule has 1 saturated heterocycles. The van der Waals surface area contributed by atoms with E-state index in [9.17, 15) is 9.59 Å². The number of pyridine rings is 1. The quantitative estimate of drug-likeness (QED) is 0.560. The summed E-state index contributed by atoms with van der Waals surface area (Å²) < 4.78 is 5.29. The molecule has 6 heteroatoms. The van der Waals surface area contributed by atoms with Gasteiger partial charge in [-0.1, -0.05) is 42.5 Å². The van der Waals surface area contributed by atoms with E-state index >= 15 is 0 Å². The smallest absolute Gasteiger partial charge is 0.245 e. The second-order valence-electron chi connectivity index (χ2n) is 8.15. The Morgan fingerprint density at radius 2 is 1.94 bits per heavy atom. The fraction of sp³-hybridized carbons (Fsp3) is 0.296. The van der Waals surface area contributed by atoms with Crippen LogP contribution < -0.4 is 4.74 Å². The van der Waals surface area contributed by atoms with Crippen LogP contribution in [0.25, 0.3) is 11.1 Å². The van der Waals surface area contributed by atoms with E-state index in [1.54, 1.807) is 18.2 Å². The SMILES string of the molecule is CCN1CCN(C(=O)Cc2cccc(OC)c2)[C@@H](Cc2ccccc2-c2cccnc2)C1=O. The van der Waals surface area contributed by atoms with Crippen LogP contribution in [0.2, 0.25) is 0 Å². The van der Waals surface area contributed by atoms with Crippen molar-refractivity contribution >= 4 is 11.8 Å². The molecule has 0 bridgehead atoms. The predicted octanol–water partition coefficient (Wildman–Crippen LogP) is 3.60. The Morgan fingerprint density at radius 1 is 1.09 bits per heavy atom. The first-order valence-corrected chi connectivity index (χ1v) is 11.3. The lowest BCUT2D eigenvalue weighted by molar-refractivity contribution is -0.150. The zero-order valence-corrected chi connectivity index (χ0v) is 19.1. The minimum Gasteiger partial charge on any atom is -0.497 e. The lowest BCUT2D eigenvalue weighted by Gasteiger charge is -2.40. The summed E-state index contributed by atoms with van der Waals surface area (Å²) in [7, 11) is 1.61. The van der Waals surface area contributed by atoms with E-state index in [0.29, 0.717) is 31.8 Å². The highest BCUT2D eigenvalue weighted by Gasteiger charge is 2.37. The molecule has 33 heavy (non-hydrogen) atoms. The fourth-order valence-corrected chi connectivity index (χ4v) is 4.42. The van der Waals surface area contributed by atoms with Crippen molar-refractivity contribution in [1.82, 2.24) is 14.8 Å². The number of aromatic nitrogens is 1. The number of likely N-dealkylation sites (N-methyl/N-ethyl adjacent to an activating group) is 1. The predicted molar refractivity (Wildman–Crippen MR) is 128 cm³/mol. The van der Waals surface area contributed by atoms with Gasteiger partial charge in [0.2, 0.25) is 11.8 Å². The maximum Gasteiger partial charge on any atom is 0.245 e. The molecule has 0 aliphatic carbocycles. The van der Waals surface area contributed by atoms with Crippen molar-refractivity contribution in [3.8, 4) is 16.9 Å². The first kappa shape index (κ1) is 22.5. The van der Waals surface area contributed by atoms with Crippen LogP contribution in [-0.2, 0) is 22.4 Å². The Labute approximate surface area is 194 Å². The molecule has 2 aromatic carbocycles. The number of hydrogen-bond acceptors (Lipinski definition) is 4. The topological polar surface area (TPSA) is 62.7 Å². The Morgan fingerprint density at radius 3 is 2.70 bits per heavy atom. The van der Waals surface area contributed by atoms with Crippen LogP contribution in [0.5, 0.6) is 5.75 Å². The zero-order valence-electron chi connectivity index (χ0n) is 19.1. The van der Waals surface area contributed by atoms with Gasteiger partial charge in [-0.3, -0.25) is 14.6 Å². The molecule has 0 unspecified atom stereocenters. The molecule has 1 aliphatic heterocycles. The van der Waals surface area contributed by atoms with E-state index in [2.05, 4.69) is 4.98 Å². The zero-order chi connectivity index (χ0) is 23.2. The van der Waals surface area contributed by atoms with Crippen LogP contribution in [0.3, 0.4) is 0 Å². The number of carbonyl (C=O) groups excluding carboxylic acids is 2. The maximum atomic E-state index is 13.4. The van der Waals surface area contributed by atoms with Crippen molar-refractivity contribution in [1.29, 1.82) is 0 Å². The highest BCUT2D eigenvalue weighted by atomic mass is 16.5. The van der Waals surface area contributed by atoms with Gasteiger partial charge in [0, 0.05) is 44.0 Å². The van der Waals surface area contributed by atoms with Gasteiger partial charge in [0.15, 0.2) is 0 Å². The Balaban J connectivity index is 1.62. The van der Waals surface area contributed by atoms with Crippen LogP contribution in [0.4, 0.5) is 0 Å². The molecule has 3 aromatic rings. The van der Waals surface area contributed by atoms with Gasteiger partial charge in [-0.25, -0.2) is 0 Å². The highest BCUT2D eigenvalue weighted by Crippen LogP contribution is 2.27. The summed E-state index contributed by atoms with van der Waals surface area (Å²) in [4.78, 5) is 34.6. The molecule has 0 N–H and O–H groups in total. The molecule has 170 valence electrons. The van der Waals surface area contributed by atoms with Gasteiger partial charge in [0.05, 0.1) is 13.5 Å². The van der Waals surface area contributed by atoms with Gasteiger partial charge in [-0.2, -0.15) is 0 Å². The molecule has 2 amide bonds. The second-order valence-corrected chi connectivity index (χ2v) is 8.15. The molecule has 1 aromatic heterocycles. The van der Waals surface area contributed by atoms with Crippen molar-refractivity contribution in [2.75, 3.05) is 26.7 Å². The van der Waals surface area contributed by atoms with Crippen molar-refractivity contribution in [3.05, 3.63) is 84.2 Å². The summed E-state index contributed by atoms with van der Waals surface area (Å²) in [6.07, 6.45) is 4.27. The van der Waals surface area contributed by atoms with Crippen LogP contribution in [0.1, 0.15) is 18.1 Å². The summed E-state index contributed by atoms with van der Waals surface area (Å²) in [6.45, 7) is 3.70. The fourth-order valence-electron chi connectivity index (χ4n) is 4.42. The van der Waals surface area contributed by atoms with E-state index in [1.165, 1.54) is 0 Å². The summed E-state index contributed by atoms with van der Waals surface area (Å²) in [6, 6.07) is 18.9. The van der Waals surface area contributed by atoms with Gasteiger partial charge in [-0.15, -0.1) is 0 Å². The van der Waals surface area contributed by atoms with Crippen molar-refractivity contribution in [2.45, 2.75) is 25.8 Å². The minimum absolute atomic E-state index is 0.00346. The van der Waals surface area contributed by atoms with E-state index in [4.69, 9.17) is 4.74 Å². The molecule has 1 aliphatic rings. The molecule has 1 atom stereocenters. The largest absolute Gasteiger partial charge is 0.497 e. The number of rotatable bonds is 7. The maximum absolute atomic E-state index is 13.4. The lowest BCUT2D eigenvalue weighted by Crippen LogP contribution is -2.59. The van der Waals surface area contributed by atoms with E-state index in [0.717, 1.165) is 22.3 Å². The number of benzene rings is 2. The Kier molecular flexibility index (Phi) is 7.03. The van der Waals surface area contributed by atoms with Gasteiger partial charge >= 0.3 is 0 Å². The number of hydrogen-bond donors (Lipinski definition) is 0. The van der Waals surface area contributed by atoms with Crippen LogP contribution >= 0.6 is 0 Å². The third-order valence-electron chi connectivity index (χ3n) is 6.18. The summed E-state index contributed by atoms with van der Waals surface area (Å²) in [5.74, 6) is 0.675. The average molecular weight is 444 g/mol. The van der Waals surface area contributed by atoms with Gasteiger partial charge < -0.3 is 14.5 Å². The van der Waals surface area contributed by atoms with Gasteiger partial charge in [0.25, 0.3) is 0 Å². The average Bonchev–Trinajstić information content (AvgIpc) is 2.86. The third-order valence-corrected chi connectivity index (χ3v) is 6.18. The monoisotopic (exact) mass is 443 g/mol. The molecule has 4 rings (SSSR count). The van der Waals surface area contributed by atoms with Crippen molar-refractivity contribution < 1.29 is 14.3 Å². The summed E-state index contributed by atoms with van der Waals surface area (Å²) >= 11 is 0. The van der Waals surface area contributed by atoms with E-state index < -0.39 is 6.04 Å². The second kappa shape index (κ2) is 10.3. The molecule has 0 radical (unpaired) electrons. The standard InChI is InChI=1S/C27H29N3O3/c1-3-29-14-15-30(26(31)17-20-8-6-11-23(16-20)33-2)25(27(29)32)18-21-9-4-5-12-24(21)22-10-7-13-28-19-22/h4-13,16,19,25H,3,14-15,17-18H2,1-2H3/t25-/m0/s1. The molecule has 1 fully saturated rings. The van der Waals surface area contributed by atoms with Gasteiger partial charge in [0.1, 0.15) is 11.8 Å². The number of piperazine rings is 1. The molecule has 0 spiro atoms. The number of nitrogens with zero attached hydrogens (tertiary/aromatic N) is 3. The van der Waals surface area contributed by atoms with E-state index in [1.807, 2.05) is 78.7 Å². The summed E-state index contributed by atoms with van der Waals surface area (Å²) in [5.41, 5.74) is 3.94. The number of ether oxygens (including phenoxy) is 1. The lowest BCUT2D eigenvalue weighted by atomic mass is 9.93. The molecular weight excluding hydrogens is 414 g/mol. The number of carbonyl (C=O) groups is 2. The third kappa shape index (κ3) is 5.06. The molecule has 2 heterocycles. The molecule has 0 saturated carbocycles. The van der Waals surface area contributed by atoms with Crippen molar-refractivity contribution in [2.24, 2.45) is 0 Å². The number of methoxy groups -OCH3 is 1. The number of amides is 2. The van der Waals surface area contributed by atoms with Crippen LogP contribution in [0.15, 0.2) is 73.1 Å². The summed E-state index contributed by atoms with van der Waals surface area (Å²) in [5, 5.41) is 0. The minimum atomic E-state index is -0.533. The molecular formula is C27H29N3O3. The first-order chi connectivity index (χ1) is 16.1. The van der Waals surface area contributed by atoms with Gasteiger partial charge in [-0.05, 0) is 41.8 Å². The van der Waals surface area contributed by atoms with Crippen molar-refractivity contribution in [3.63, 3.8) is 0 Å². The molecule has 6 nitrogen and oxygen atoms in total. The van der Waals surface area contributed by atoms with Crippen LogP contribution in [0, 0.1) is 0 Å². The van der Waals surface area contributed by atoms with E-state index in [-0.39, 0.29) is 18.2 Å². The Hall–Kier alpha value is -3.67. The Bertz CT molecular complexity index is 1120.